The fourth-order valence-electron chi connectivity index (χ4n) is 2.76. The van der Waals surface area contributed by atoms with Gasteiger partial charge in [-0.2, -0.15) is 0 Å². The molecule has 0 aromatic heterocycles. The Bertz CT molecular complexity index is 1090. The molecule has 0 spiro atoms. The van der Waals surface area contributed by atoms with Crippen molar-refractivity contribution in [3.63, 3.8) is 0 Å². The van der Waals surface area contributed by atoms with E-state index in [1.54, 1.807) is 18.2 Å². The Balaban J connectivity index is 1.80. The van der Waals surface area contributed by atoms with Crippen molar-refractivity contribution in [1.29, 1.82) is 0 Å². The fourth-order valence-corrected chi connectivity index (χ4v) is 4.03. The summed E-state index contributed by atoms with van der Waals surface area (Å²) in [5, 5.41) is 3.26. The van der Waals surface area contributed by atoms with Crippen LogP contribution in [-0.4, -0.2) is 44.0 Å². The summed E-state index contributed by atoms with van der Waals surface area (Å²) in [5.41, 5.74) is 1.42. The van der Waals surface area contributed by atoms with Gasteiger partial charge in [0.25, 0.3) is 5.91 Å². The van der Waals surface area contributed by atoms with Crippen LogP contribution in [-0.2, 0) is 14.3 Å². The minimum atomic E-state index is -0.502. The molecule has 0 unspecified atom stereocenters. The topological polar surface area (TPSA) is 95.5 Å². The van der Waals surface area contributed by atoms with Crippen LogP contribution in [0.25, 0.3) is 6.08 Å². The van der Waals surface area contributed by atoms with E-state index in [1.807, 2.05) is 38.1 Å². The number of nitrogens with one attached hydrogen (secondary N) is 1. The minimum absolute atomic E-state index is 0.243. The second kappa shape index (κ2) is 11.8. The van der Waals surface area contributed by atoms with Crippen LogP contribution in [0, 0.1) is 0 Å². The van der Waals surface area contributed by atoms with Crippen LogP contribution in [0.2, 0.25) is 0 Å². The molecule has 174 valence electrons. The summed E-state index contributed by atoms with van der Waals surface area (Å²) < 4.78 is 21.9. The van der Waals surface area contributed by atoms with Crippen LogP contribution >= 0.6 is 27.7 Å². The zero-order valence-corrected chi connectivity index (χ0v) is 20.7. The Morgan fingerprint density at radius 2 is 1.79 bits per heavy atom. The van der Waals surface area contributed by atoms with Crippen molar-refractivity contribution in [2.45, 2.75) is 13.8 Å². The van der Waals surface area contributed by atoms with Gasteiger partial charge in [-0.05, 0) is 73.6 Å². The number of carbonyl (C=O) groups is 2. The molecule has 1 aliphatic heterocycles. The maximum atomic E-state index is 12.5. The number of nitrogens with zero attached hydrogens (tertiary/aromatic N) is 1. The third-order valence-electron chi connectivity index (χ3n) is 4.25. The predicted octanol–water partition coefficient (Wildman–Crippen LogP) is 4.69. The maximum Gasteiger partial charge on any atom is 0.343 e. The van der Waals surface area contributed by atoms with Crippen molar-refractivity contribution in [3.05, 3.63) is 51.3 Å². The maximum absolute atomic E-state index is 12.5. The van der Waals surface area contributed by atoms with Gasteiger partial charge in [0, 0.05) is 4.47 Å². The molecule has 1 N–H and O–H groups in total. The lowest BCUT2D eigenvalue weighted by Gasteiger charge is -2.13. The lowest BCUT2D eigenvalue weighted by Crippen LogP contribution is -2.19. The van der Waals surface area contributed by atoms with Crippen molar-refractivity contribution in [2.24, 2.45) is 4.99 Å². The molecular weight excluding hydrogens is 512 g/mol. The summed E-state index contributed by atoms with van der Waals surface area (Å²) >= 11 is 4.73. The number of amides is 1. The summed E-state index contributed by atoms with van der Waals surface area (Å²) in [6, 6.07) is 10.7. The standard InChI is InChI=1S/C23H23BrN2O6S/c1-4-30-16-8-6-15(7-9-16)25-23-26-22(28)20(33-23)11-14-10-18(31-5-2)19(12-17(14)24)32-13-21(27)29-3/h6-12H,4-5,13H2,1-3H3,(H,25,26,28)/b20-11+. The predicted molar refractivity (Wildman–Crippen MR) is 131 cm³/mol. The molecule has 1 fully saturated rings. The number of esters is 1. The van der Waals surface area contributed by atoms with Crippen molar-refractivity contribution in [2.75, 3.05) is 26.9 Å². The fraction of sp³-hybridized carbons (Fsp3) is 0.261. The normalized spacial score (nSPS) is 15.5. The van der Waals surface area contributed by atoms with Gasteiger partial charge in [-0.3, -0.25) is 4.79 Å². The second-order valence-electron chi connectivity index (χ2n) is 6.53. The molecule has 1 saturated heterocycles. The molecule has 8 nitrogen and oxygen atoms in total. The first kappa shape index (κ1) is 24.7. The molecule has 0 atom stereocenters. The lowest BCUT2D eigenvalue weighted by atomic mass is 10.2. The van der Waals surface area contributed by atoms with E-state index in [0.29, 0.717) is 50.5 Å². The number of carbonyl (C=O) groups excluding carboxylic acids is 2. The van der Waals surface area contributed by atoms with Gasteiger partial charge in [0.1, 0.15) is 5.75 Å². The lowest BCUT2D eigenvalue weighted by molar-refractivity contribution is -0.142. The van der Waals surface area contributed by atoms with Crippen molar-refractivity contribution in [1.82, 2.24) is 5.32 Å². The number of methoxy groups -OCH3 is 1. The van der Waals surface area contributed by atoms with E-state index in [9.17, 15) is 9.59 Å². The summed E-state index contributed by atoms with van der Waals surface area (Å²) in [4.78, 5) is 28.9. The molecule has 10 heteroatoms. The number of benzene rings is 2. The number of amidine groups is 1. The molecular formula is C23H23BrN2O6S. The van der Waals surface area contributed by atoms with Crippen LogP contribution in [0.1, 0.15) is 19.4 Å². The molecule has 0 radical (unpaired) electrons. The number of rotatable bonds is 9. The quantitative estimate of drug-likeness (QED) is 0.368. The molecule has 2 aromatic rings. The smallest absolute Gasteiger partial charge is 0.343 e. The van der Waals surface area contributed by atoms with Gasteiger partial charge in [-0.15, -0.1) is 0 Å². The zero-order chi connectivity index (χ0) is 23.8. The summed E-state index contributed by atoms with van der Waals surface area (Å²) in [6.45, 7) is 4.51. The first-order chi connectivity index (χ1) is 15.9. The number of hydrogen-bond acceptors (Lipinski definition) is 8. The van der Waals surface area contributed by atoms with Crippen LogP contribution in [0.5, 0.6) is 17.2 Å². The van der Waals surface area contributed by atoms with Crippen LogP contribution < -0.4 is 19.5 Å². The molecule has 33 heavy (non-hydrogen) atoms. The number of hydrogen-bond donors (Lipinski definition) is 1. The van der Waals surface area contributed by atoms with Gasteiger partial charge in [0.15, 0.2) is 23.3 Å². The molecule has 0 bridgehead atoms. The molecule has 3 rings (SSSR count). The molecule has 1 aliphatic rings. The van der Waals surface area contributed by atoms with E-state index in [-0.39, 0.29) is 12.5 Å². The minimum Gasteiger partial charge on any atom is -0.494 e. The highest BCUT2D eigenvalue weighted by Gasteiger charge is 2.24. The van der Waals surface area contributed by atoms with Gasteiger partial charge in [0.2, 0.25) is 0 Å². The van der Waals surface area contributed by atoms with Gasteiger partial charge in [-0.1, -0.05) is 15.9 Å². The Morgan fingerprint density at radius 1 is 1.09 bits per heavy atom. The average molecular weight is 535 g/mol. The zero-order valence-electron chi connectivity index (χ0n) is 18.3. The Kier molecular flexibility index (Phi) is 8.79. The van der Waals surface area contributed by atoms with Crippen molar-refractivity contribution >= 4 is 56.5 Å². The Morgan fingerprint density at radius 3 is 2.45 bits per heavy atom. The summed E-state index contributed by atoms with van der Waals surface area (Å²) in [5.74, 6) is 0.846. The van der Waals surface area contributed by atoms with E-state index in [1.165, 1.54) is 18.9 Å². The monoisotopic (exact) mass is 534 g/mol. The Labute approximate surface area is 204 Å². The number of thioether (sulfide) groups is 1. The molecule has 0 aliphatic carbocycles. The first-order valence-electron chi connectivity index (χ1n) is 10.1. The second-order valence-corrected chi connectivity index (χ2v) is 8.41. The number of ether oxygens (including phenoxy) is 4. The summed E-state index contributed by atoms with van der Waals surface area (Å²) in [6.07, 6.45) is 1.73. The van der Waals surface area contributed by atoms with E-state index in [2.05, 4.69) is 31.0 Å². The average Bonchev–Trinajstić information content (AvgIpc) is 3.14. The van der Waals surface area contributed by atoms with E-state index < -0.39 is 5.97 Å². The number of halogens is 1. The van der Waals surface area contributed by atoms with Gasteiger partial charge in [-0.25, -0.2) is 9.79 Å². The van der Waals surface area contributed by atoms with Gasteiger partial charge < -0.3 is 24.3 Å². The van der Waals surface area contributed by atoms with Crippen molar-refractivity contribution < 1.29 is 28.5 Å². The third-order valence-corrected chi connectivity index (χ3v) is 5.85. The highest BCUT2D eigenvalue weighted by Crippen LogP contribution is 2.37. The summed E-state index contributed by atoms with van der Waals surface area (Å²) in [7, 11) is 1.29. The van der Waals surface area contributed by atoms with Crippen LogP contribution in [0.3, 0.4) is 0 Å². The highest BCUT2D eigenvalue weighted by atomic mass is 79.9. The highest BCUT2D eigenvalue weighted by molar-refractivity contribution is 9.10. The number of aliphatic imine (C=N–C) groups is 1. The van der Waals surface area contributed by atoms with Gasteiger partial charge >= 0.3 is 5.97 Å². The van der Waals surface area contributed by atoms with Crippen LogP contribution in [0.15, 0.2) is 50.8 Å². The third kappa shape index (κ3) is 6.75. The van der Waals surface area contributed by atoms with Crippen LogP contribution in [0.4, 0.5) is 5.69 Å². The first-order valence-corrected chi connectivity index (χ1v) is 11.7. The van der Waals surface area contributed by atoms with Gasteiger partial charge in [0.05, 0.1) is 30.9 Å². The molecule has 2 aromatic carbocycles. The largest absolute Gasteiger partial charge is 0.494 e. The van der Waals surface area contributed by atoms with E-state index in [4.69, 9.17) is 14.2 Å². The molecule has 0 saturated carbocycles. The Hall–Kier alpha value is -2.98. The van der Waals surface area contributed by atoms with E-state index in [0.717, 1.165) is 5.75 Å². The molecule has 1 heterocycles. The van der Waals surface area contributed by atoms with E-state index >= 15 is 0 Å². The molecule has 1 amide bonds. The SMILES string of the molecule is CCOc1ccc(N=C2NC(=O)/C(=C\c3cc(OCC)c(OCC(=O)OC)cc3Br)S2)cc1. The van der Waals surface area contributed by atoms with Crippen molar-refractivity contribution in [3.8, 4) is 17.2 Å².